The fourth-order valence-electron chi connectivity index (χ4n) is 5.52. The smallest absolute Gasteiger partial charge is 0.416 e. The maximum Gasteiger partial charge on any atom is 0.416 e. The lowest BCUT2D eigenvalue weighted by Crippen LogP contribution is -2.34. The fraction of sp³-hybridized carbons (Fsp3) is 0.387. The number of alkyl halides is 6. The molecule has 0 N–H and O–H groups in total. The van der Waals surface area contributed by atoms with Crippen LogP contribution in [0.25, 0.3) is 11.1 Å². The third-order valence-electron chi connectivity index (χ3n) is 7.80. The standard InChI is InChI=1S/C31H30F6N4O3/c1-19-6-3-4-7-24(19)25-17-26(40-9-5-8-39(10-11-40)20(2)42)38-28-27(25)29(43)41(12-13-44-28)18-21-14-22(30(32,33)34)16-23(15-21)31(35,36)37/h3-4,6-7,14-17H,5,8-13,18H2,1-2H3. The van der Waals surface area contributed by atoms with Crippen LogP contribution in [0.15, 0.2) is 48.5 Å². The molecule has 5 rings (SSSR count). The van der Waals surface area contributed by atoms with E-state index in [9.17, 15) is 35.9 Å². The summed E-state index contributed by atoms with van der Waals surface area (Å²) in [5, 5.41) is 0. The summed E-state index contributed by atoms with van der Waals surface area (Å²) in [6, 6.07) is 10.4. The number of carbonyl (C=O) groups excluding carboxylic acids is 2. The molecular formula is C31H30F6N4O3. The molecule has 7 nitrogen and oxygen atoms in total. The molecule has 1 aromatic heterocycles. The first-order valence-electron chi connectivity index (χ1n) is 14.0. The number of anilines is 1. The SMILES string of the molecule is CC(=O)N1CCCN(c2cc(-c3ccccc3C)c3c(n2)OCCN(Cc2cc(C(F)(F)F)cc(C(F)(F)F)c2)C3=O)CC1. The number of rotatable bonds is 4. The van der Waals surface area contributed by atoms with Gasteiger partial charge in [-0.05, 0) is 54.3 Å². The lowest BCUT2D eigenvalue weighted by Gasteiger charge is -2.25. The van der Waals surface area contributed by atoms with Gasteiger partial charge in [-0.25, -0.2) is 0 Å². The van der Waals surface area contributed by atoms with Gasteiger partial charge in [0, 0.05) is 45.2 Å². The highest BCUT2D eigenvalue weighted by molar-refractivity contribution is 6.04. The van der Waals surface area contributed by atoms with E-state index in [1.54, 1.807) is 17.0 Å². The average Bonchev–Trinajstić information content (AvgIpc) is 3.29. The van der Waals surface area contributed by atoms with E-state index >= 15 is 0 Å². The van der Waals surface area contributed by atoms with Crippen molar-refractivity contribution in [2.75, 3.05) is 44.2 Å². The van der Waals surface area contributed by atoms with E-state index in [2.05, 4.69) is 4.98 Å². The number of hydrogen-bond donors (Lipinski definition) is 0. The first-order chi connectivity index (χ1) is 20.7. The summed E-state index contributed by atoms with van der Waals surface area (Å²) in [6.07, 6.45) is -9.33. The molecule has 2 amide bonds. The maximum absolute atomic E-state index is 14.1. The highest BCUT2D eigenvalue weighted by atomic mass is 19.4. The highest BCUT2D eigenvalue weighted by Gasteiger charge is 2.38. The Morgan fingerprint density at radius 2 is 1.57 bits per heavy atom. The summed E-state index contributed by atoms with van der Waals surface area (Å²) < 4.78 is 87.0. The highest BCUT2D eigenvalue weighted by Crippen LogP contribution is 2.39. The number of amides is 2. The van der Waals surface area contributed by atoms with Gasteiger partial charge in [0.25, 0.3) is 5.91 Å². The minimum atomic E-state index is -5.01. The molecule has 0 radical (unpaired) electrons. The van der Waals surface area contributed by atoms with Gasteiger partial charge < -0.3 is 19.4 Å². The van der Waals surface area contributed by atoms with Crippen LogP contribution in [0.1, 0.15) is 46.0 Å². The van der Waals surface area contributed by atoms with Crippen LogP contribution >= 0.6 is 0 Å². The molecule has 0 aliphatic carbocycles. The van der Waals surface area contributed by atoms with Crippen molar-refractivity contribution >= 4 is 17.6 Å². The molecule has 1 saturated heterocycles. The molecule has 234 valence electrons. The van der Waals surface area contributed by atoms with Gasteiger partial charge in [-0.1, -0.05) is 24.3 Å². The predicted octanol–water partition coefficient (Wildman–Crippen LogP) is 6.19. The zero-order valence-electron chi connectivity index (χ0n) is 24.1. The van der Waals surface area contributed by atoms with Crippen molar-refractivity contribution < 1.29 is 40.7 Å². The summed E-state index contributed by atoms with van der Waals surface area (Å²) in [4.78, 5) is 35.6. The Balaban J connectivity index is 1.56. The van der Waals surface area contributed by atoms with E-state index in [-0.39, 0.29) is 42.1 Å². The van der Waals surface area contributed by atoms with Gasteiger partial charge >= 0.3 is 12.4 Å². The van der Waals surface area contributed by atoms with Gasteiger partial charge in [0.1, 0.15) is 18.0 Å². The fourth-order valence-corrected chi connectivity index (χ4v) is 5.52. The largest absolute Gasteiger partial charge is 0.475 e. The van der Waals surface area contributed by atoms with Crippen LogP contribution in [0.3, 0.4) is 0 Å². The van der Waals surface area contributed by atoms with Crippen molar-refractivity contribution in [1.82, 2.24) is 14.8 Å². The first kappa shape index (κ1) is 31.1. The number of nitrogens with zero attached hydrogens (tertiary/aromatic N) is 4. The van der Waals surface area contributed by atoms with E-state index in [1.807, 2.05) is 30.0 Å². The Morgan fingerprint density at radius 1 is 0.886 bits per heavy atom. The Labute approximate surface area is 250 Å². The number of pyridine rings is 1. The quantitative estimate of drug-likeness (QED) is 0.326. The average molecular weight is 621 g/mol. The molecule has 0 atom stereocenters. The molecule has 0 saturated carbocycles. The molecule has 0 spiro atoms. The van der Waals surface area contributed by atoms with Crippen LogP contribution in [0.5, 0.6) is 5.88 Å². The van der Waals surface area contributed by atoms with Crippen molar-refractivity contribution in [2.45, 2.75) is 39.2 Å². The van der Waals surface area contributed by atoms with Crippen LogP contribution < -0.4 is 9.64 Å². The number of hydrogen-bond acceptors (Lipinski definition) is 5. The van der Waals surface area contributed by atoms with Crippen molar-refractivity contribution in [2.24, 2.45) is 0 Å². The molecule has 0 bridgehead atoms. The molecule has 2 aromatic carbocycles. The molecule has 0 unspecified atom stereocenters. The topological polar surface area (TPSA) is 66.0 Å². The molecule has 2 aliphatic rings. The monoisotopic (exact) mass is 620 g/mol. The number of aryl methyl sites for hydroxylation is 1. The number of ether oxygens (including phenoxy) is 1. The van der Waals surface area contributed by atoms with Gasteiger partial charge in [-0.3, -0.25) is 9.59 Å². The molecule has 3 aromatic rings. The van der Waals surface area contributed by atoms with Crippen LogP contribution in [-0.2, 0) is 23.7 Å². The number of halogens is 6. The minimum absolute atomic E-state index is 0.0283. The molecule has 13 heteroatoms. The lowest BCUT2D eigenvalue weighted by atomic mass is 9.96. The molecule has 1 fully saturated rings. The van der Waals surface area contributed by atoms with Gasteiger partial charge in [0.2, 0.25) is 11.8 Å². The zero-order chi connectivity index (χ0) is 31.8. The van der Waals surface area contributed by atoms with E-state index in [0.717, 1.165) is 5.56 Å². The van der Waals surface area contributed by atoms with Gasteiger partial charge in [-0.2, -0.15) is 31.3 Å². The van der Waals surface area contributed by atoms with Crippen molar-refractivity contribution in [3.8, 4) is 17.0 Å². The maximum atomic E-state index is 14.1. The lowest BCUT2D eigenvalue weighted by molar-refractivity contribution is -0.143. The Kier molecular flexibility index (Phi) is 8.50. The van der Waals surface area contributed by atoms with Crippen molar-refractivity contribution in [1.29, 1.82) is 0 Å². The number of benzene rings is 2. The predicted molar refractivity (Wildman–Crippen MR) is 150 cm³/mol. The van der Waals surface area contributed by atoms with E-state index in [0.29, 0.717) is 61.7 Å². The molecule has 3 heterocycles. The van der Waals surface area contributed by atoms with Gasteiger partial charge in [0.15, 0.2) is 0 Å². The normalized spacial score (nSPS) is 16.3. The van der Waals surface area contributed by atoms with Crippen LogP contribution in [0.2, 0.25) is 0 Å². The van der Waals surface area contributed by atoms with Crippen LogP contribution in [0, 0.1) is 6.92 Å². The third-order valence-corrected chi connectivity index (χ3v) is 7.80. The Hall–Kier alpha value is -4.29. The minimum Gasteiger partial charge on any atom is -0.475 e. The summed E-state index contributed by atoms with van der Waals surface area (Å²) in [5.41, 5.74) is -1.13. The third kappa shape index (κ3) is 6.61. The van der Waals surface area contributed by atoms with Crippen molar-refractivity contribution in [3.63, 3.8) is 0 Å². The number of carbonyl (C=O) groups is 2. The van der Waals surface area contributed by atoms with Gasteiger partial charge in [-0.15, -0.1) is 0 Å². The van der Waals surface area contributed by atoms with E-state index in [4.69, 9.17) is 4.74 Å². The molecule has 2 aliphatic heterocycles. The Bertz CT molecular complexity index is 1540. The van der Waals surface area contributed by atoms with Crippen LogP contribution in [0.4, 0.5) is 32.2 Å². The Morgan fingerprint density at radius 3 is 2.20 bits per heavy atom. The molecular weight excluding hydrogens is 590 g/mol. The van der Waals surface area contributed by atoms with Crippen molar-refractivity contribution in [3.05, 3.63) is 76.3 Å². The molecule has 44 heavy (non-hydrogen) atoms. The summed E-state index contributed by atoms with van der Waals surface area (Å²) in [6.45, 7) is 4.88. The summed E-state index contributed by atoms with van der Waals surface area (Å²) in [5.74, 6) is -0.0961. The summed E-state index contributed by atoms with van der Waals surface area (Å²) >= 11 is 0. The second kappa shape index (κ2) is 12.0. The first-order valence-corrected chi connectivity index (χ1v) is 14.0. The van der Waals surface area contributed by atoms with E-state index in [1.165, 1.54) is 11.8 Å². The zero-order valence-corrected chi connectivity index (χ0v) is 24.1. The number of aromatic nitrogens is 1. The van der Waals surface area contributed by atoms with Gasteiger partial charge in [0.05, 0.1) is 17.7 Å². The van der Waals surface area contributed by atoms with E-state index < -0.39 is 35.9 Å². The van der Waals surface area contributed by atoms with Crippen LogP contribution in [-0.4, -0.2) is 65.9 Å². The second-order valence-corrected chi connectivity index (χ2v) is 10.9. The second-order valence-electron chi connectivity index (χ2n) is 10.9. The summed E-state index contributed by atoms with van der Waals surface area (Å²) in [7, 11) is 0. The number of fused-ring (bicyclic) bond motifs is 1.